The van der Waals surface area contributed by atoms with Crippen LogP contribution in [0.25, 0.3) is 0 Å². The van der Waals surface area contributed by atoms with Crippen LogP contribution in [0.4, 0.5) is 11.4 Å². The highest BCUT2D eigenvalue weighted by Crippen LogP contribution is 2.29. The van der Waals surface area contributed by atoms with Gasteiger partial charge in [-0.05, 0) is 50.6 Å². The molecule has 8 nitrogen and oxygen atoms in total. The Hall–Kier alpha value is -2.94. The maximum Gasteiger partial charge on any atom is 0.338 e. The van der Waals surface area contributed by atoms with Gasteiger partial charge in [0.15, 0.2) is 0 Å². The van der Waals surface area contributed by atoms with Crippen LogP contribution in [0.15, 0.2) is 47.4 Å². The van der Waals surface area contributed by atoms with Gasteiger partial charge in [-0.3, -0.25) is 14.4 Å². The van der Waals surface area contributed by atoms with Crippen LogP contribution in [0.1, 0.15) is 29.8 Å². The maximum absolute atomic E-state index is 13.0. The molecule has 9 heteroatoms. The van der Waals surface area contributed by atoms with E-state index in [1.54, 1.807) is 26.8 Å². The minimum atomic E-state index is -4.01. The Morgan fingerprint density at radius 1 is 1.19 bits per heavy atom. The predicted octanol–water partition coefficient (Wildman–Crippen LogP) is 3.30. The van der Waals surface area contributed by atoms with Gasteiger partial charge in [0.1, 0.15) is 0 Å². The quantitative estimate of drug-likeness (QED) is 0.406. The maximum atomic E-state index is 13.0. The van der Waals surface area contributed by atoms with E-state index in [1.165, 1.54) is 30.3 Å². The number of nitrogens with zero attached hydrogens (tertiary/aromatic N) is 2. The molecule has 27 heavy (non-hydrogen) atoms. The molecule has 0 saturated heterocycles. The van der Waals surface area contributed by atoms with Crippen LogP contribution in [0, 0.1) is 17.0 Å². The molecule has 0 spiro atoms. The molecule has 144 valence electrons. The second-order valence-corrected chi connectivity index (χ2v) is 7.51. The van der Waals surface area contributed by atoms with Crippen LogP contribution in [-0.2, 0) is 14.8 Å². The van der Waals surface area contributed by atoms with Gasteiger partial charge in [-0.15, -0.1) is 0 Å². The zero-order valence-corrected chi connectivity index (χ0v) is 16.0. The van der Waals surface area contributed by atoms with Crippen molar-refractivity contribution in [2.45, 2.75) is 25.7 Å². The summed E-state index contributed by atoms with van der Waals surface area (Å²) < 4.78 is 32.1. The van der Waals surface area contributed by atoms with Gasteiger partial charge < -0.3 is 4.74 Å². The van der Waals surface area contributed by atoms with Crippen LogP contribution in [0.2, 0.25) is 0 Å². The molecule has 2 aromatic rings. The number of ether oxygens (including phenoxy) is 1. The van der Waals surface area contributed by atoms with Crippen LogP contribution in [-0.4, -0.2) is 32.5 Å². The zero-order chi connectivity index (χ0) is 20.2. The predicted molar refractivity (Wildman–Crippen MR) is 100 cm³/mol. The lowest BCUT2D eigenvalue weighted by atomic mass is 10.1. The molecule has 0 aromatic heterocycles. The van der Waals surface area contributed by atoms with Crippen molar-refractivity contribution in [2.75, 3.05) is 17.5 Å². The van der Waals surface area contributed by atoms with Crippen molar-refractivity contribution in [1.29, 1.82) is 0 Å². The first-order valence-corrected chi connectivity index (χ1v) is 9.71. The molecule has 0 fully saturated rings. The summed E-state index contributed by atoms with van der Waals surface area (Å²) in [4.78, 5) is 22.0. The van der Waals surface area contributed by atoms with Gasteiger partial charge >= 0.3 is 5.97 Å². The average molecular weight is 392 g/mol. The molecular weight excluding hydrogens is 372 g/mol. The van der Waals surface area contributed by atoms with E-state index in [0.717, 1.165) is 10.4 Å². The Kier molecular flexibility index (Phi) is 6.17. The SMILES string of the molecule is CCOC(=O)c1ccc(N(CC)S(=O)(=O)c2cccc([N+](=O)[O-])c2)c(C)c1. The molecule has 0 bridgehead atoms. The summed E-state index contributed by atoms with van der Waals surface area (Å²) in [5, 5.41) is 11.0. The molecule has 0 unspecified atom stereocenters. The standard InChI is InChI=1S/C18H20N2O6S/c1-4-19(17-10-9-14(11-13(17)3)18(21)26-5-2)27(24,25)16-8-6-7-15(12-16)20(22)23/h6-12H,4-5H2,1-3H3. The lowest BCUT2D eigenvalue weighted by molar-refractivity contribution is -0.385. The largest absolute Gasteiger partial charge is 0.462 e. The number of anilines is 1. The fourth-order valence-corrected chi connectivity index (χ4v) is 4.21. The molecule has 0 aliphatic heterocycles. The van der Waals surface area contributed by atoms with Crippen molar-refractivity contribution in [3.8, 4) is 0 Å². The van der Waals surface area contributed by atoms with Crippen molar-refractivity contribution in [3.05, 3.63) is 63.7 Å². The minimum Gasteiger partial charge on any atom is -0.462 e. The van der Waals surface area contributed by atoms with E-state index >= 15 is 0 Å². The first kappa shape index (κ1) is 20.4. The molecule has 2 rings (SSSR count). The number of nitro groups is 1. The van der Waals surface area contributed by atoms with Crippen LogP contribution >= 0.6 is 0 Å². The fraction of sp³-hybridized carbons (Fsp3) is 0.278. The summed E-state index contributed by atoms with van der Waals surface area (Å²) in [6.07, 6.45) is 0. The number of hydrogen-bond acceptors (Lipinski definition) is 6. The lowest BCUT2D eigenvalue weighted by Crippen LogP contribution is -2.31. The number of benzene rings is 2. The van der Waals surface area contributed by atoms with Gasteiger partial charge in [-0.1, -0.05) is 6.07 Å². The molecule has 2 aromatic carbocycles. The Bertz CT molecular complexity index is 972. The highest BCUT2D eigenvalue weighted by Gasteiger charge is 2.26. The number of nitro benzene ring substituents is 1. The molecule has 0 aliphatic rings. The summed E-state index contributed by atoms with van der Waals surface area (Å²) in [7, 11) is -4.01. The summed E-state index contributed by atoms with van der Waals surface area (Å²) in [5.41, 5.74) is 0.969. The minimum absolute atomic E-state index is 0.116. The fourth-order valence-electron chi connectivity index (χ4n) is 2.63. The highest BCUT2D eigenvalue weighted by molar-refractivity contribution is 7.92. The Balaban J connectivity index is 2.48. The van der Waals surface area contributed by atoms with Gasteiger partial charge in [-0.25, -0.2) is 13.2 Å². The smallest absolute Gasteiger partial charge is 0.338 e. The molecule has 0 amide bonds. The van der Waals surface area contributed by atoms with Crippen molar-refractivity contribution < 1.29 is 22.9 Å². The van der Waals surface area contributed by atoms with E-state index in [9.17, 15) is 23.3 Å². The Labute approximate surface area is 157 Å². The number of esters is 1. The van der Waals surface area contributed by atoms with E-state index in [1.807, 2.05) is 0 Å². The van der Waals surface area contributed by atoms with Crippen LogP contribution < -0.4 is 4.31 Å². The third-order valence-electron chi connectivity index (χ3n) is 3.88. The van der Waals surface area contributed by atoms with E-state index < -0.39 is 20.9 Å². The van der Waals surface area contributed by atoms with Crippen molar-refractivity contribution in [3.63, 3.8) is 0 Å². The number of carbonyl (C=O) groups excluding carboxylic acids is 1. The summed E-state index contributed by atoms with van der Waals surface area (Å²) in [5.74, 6) is -0.489. The molecule has 0 N–H and O–H groups in total. The van der Waals surface area contributed by atoms with E-state index in [-0.39, 0.29) is 23.7 Å². The summed E-state index contributed by atoms with van der Waals surface area (Å²) in [6, 6.07) is 9.47. The van der Waals surface area contributed by atoms with Crippen molar-refractivity contribution in [2.24, 2.45) is 0 Å². The first-order valence-electron chi connectivity index (χ1n) is 8.27. The zero-order valence-electron chi connectivity index (χ0n) is 15.2. The van der Waals surface area contributed by atoms with E-state index in [0.29, 0.717) is 16.8 Å². The second-order valence-electron chi connectivity index (χ2n) is 5.65. The molecule has 0 aliphatic carbocycles. The molecular formula is C18H20N2O6S. The van der Waals surface area contributed by atoms with Crippen LogP contribution in [0.3, 0.4) is 0 Å². The monoisotopic (exact) mass is 392 g/mol. The van der Waals surface area contributed by atoms with Gasteiger partial charge in [0.25, 0.3) is 15.7 Å². The Morgan fingerprint density at radius 3 is 2.44 bits per heavy atom. The molecule has 0 saturated carbocycles. The van der Waals surface area contributed by atoms with Crippen LogP contribution in [0.5, 0.6) is 0 Å². The number of carbonyl (C=O) groups is 1. The highest BCUT2D eigenvalue weighted by atomic mass is 32.2. The lowest BCUT2D eigenvalue weighted by Gasteiger charge is -2.24. The number of aryl methyl sites for hydroxylation is 1. The topological polar surface area (TPSA) is 107 Å². The van der Waals surface area contributed by atoms with Crippen molar-refractivity contribution in [1.82, 2.24) is 0 Å². The number of hydrogen-bond donors (Lipinski definition) is 0. The van der Waals surface area contributed by atoms with Gasteiger partial charge in [-0.2, -0.15) is 0 Å². The van der Waals surface area contributed by atoms with Gasteiger partial charge in [0.05, 0.1) is 27.7 Å². The van der Waals surface area contributed by atoms with E-state index in [2.05, 4.69) is 0 Å². The van der Waals surface area contributed by atoms with Gasteiger partial charge in [0.2, 0.25) is 0 Å². The third kappa shape index (κ3) is 4.25. The first-order chi connectivity index (χ1) is 12.7. The number of sulfonamides is 1. The second kappa shape index (κ2) is 8.17. The molecule has 0 radical (unpaired) electrons. The van der Waals surface area contributed by atoms with E-state index in [4.69, 9.17) is 4.74 Å². The summed E-state index contributed by atoms with van der Waals surface area (Å²) in [6.45, 7) is 5.40. The van der Waals surface area contributed by atoms with Crippen molar-refractivity contribution >= 4 is 27.4 Å². The Morgan fingerprint density at radius 2 is 1.89 bits per heavy atom. The third-order valence-corrected chi connectivity index (χ3v) is 5.77. The normalized spacial score (nSPS) is 11.1. The molecule has 0 heterocycles. The average Bonchev–Trinajstić information content (AvgIpc) is 2.63. The summed E-state index contributed by atoms with van der Waals surface area (Å²) >= 11 is 0. The number of non-ortho nitro benzene ring substituents is 1. The van der Waals surface area contributed by atoms with Gasteiger partial charge in [0, 0.05) is 18.7 Å². The molecule has 0 atom stereocenters. The number of rotatable bonds is 7.